The van der Waals surface area contributed by atoms with Crippen LogP contribution in [-0.2, 0) is 4.79 Å². The summed E-state index contributed by atoms with van der Waals surface area (Å²) in [6.45, 7) is 3.68. The maximum absolute atomic E-state index is 11.7. The molecule has 1 aliphatic carbocycles. The minimum Gasteiger partial charge on any atom is -0.426 e. The first kappa shape index (κ1) is 10.9. The first-order chi connectivity index (χ1) is 7.79. The number of carbonyl (C=O) groups excluding carboxylic acids is 1. The number of ether oxygens (including phenoxy) is 1. The van der Waals surface area contributed by atoms with Crippen LogP contribution in [-0.4, -0.2) is 5.97 Å². The van der Waals surface area contributed by atoms with Crippen molar-refractivity contribution in [2.75, 3.05) is 0 Å². The van der Waals surface area contributed by atoms with Gasteiger partial charge in [0.25, 0.3) is 0 Å². The average molecular weight is 216 g/mol. The van der Waals surface area contributed by atoms with Gasteiger partial charge in [0.1, 0.15) is 5.75 Å². The molecule has 84 valence electrons. The fourth-order valence-corrected chi connectivity index (χ4v) is 2.03. The van der Waals surface area contributed by atoms with Gasteiger partial charge in [0, 0.05) is 0 Å². The van der Waals surface area contributed by atoms with Gasteiger partial charge in [-0.25, -0.2) is 0 Å². The van der Waals surface area contributed by atoms with E-state index in [4.69, 9.17) is 4.74 Å². The minimum atomic E-state index is -0.0798. The molecule has 0 aromatic heterocycles. The molecule has 1 fully saturated rings. The molecule has 0 spiro atoms. The van der Waals surface area contributed by atoms with Crippen molar-refractivity contribution < 1.29 is 9.53 Å². The quantitative estimate of drug-likeness (QED) is 0.571. The molecule has 0 atom stereocenters. The van der Waals surface area contributed by atoms with E-state index in [2.05, 4.69) is 6.58 Å². The molecule has 1 saturated carbocycles. The summed E-state index contributed by atoms with van der Waals surface area (Å²) in [5.74, 6) is 0.658. The Bertz CT molecular complexity index is 372. The topological polar surface area (TPSA) is 26.3 Å². The van der Waals surface area contributed by atoms with E-state index in [9.17, 15) is 4.79 Å². The fraction of sp³-hybridized carbons (Fsp3) is 0.357. The van der Waals surface area contributed by atoms with Crippen LogP contribution < -0.4 is 4.74 Å². The molecular weight excluding hydrogens is 200 g/mol. The molecule has 0 radical (unpaired) electrons. The number of hydrogen-bond donors (Lipinski definition) is 0. The Hall–Kier alpha value is -1.57. The van der Waals surface area contributed by atoms with Gasteiger partial charge >= 0.3 is 5.97 Å². The van der Waals surface area contributed by atoms with Crippen molar-refractivity contribution in [2.24, 2.45) is 5.92 Å². The van der Waals surface area contributed by atoms with Crippen LogP contribution in [0.3, 0.4) is 0 Å². The van der Waals surface area contributed by atoms with E-state index in [-0.39, 0.29) is 11.9 Å². The third kappa shape index (κ3) is 2.51. The second-order valence-electron chi connectivity index (χ2n) is 4.18. The number of hydrogen-bond acceptors (Lipinski definition) is 2. The van der Waals surface area contributed by atoms with E-state index in [1.807, 2.05) is 24.3 Å². The SMILES string of the molecule is C=Cc1ccc(OC(=O)C2CCCC2)cc1. The lowest BCUT2D eigenvalue weighted by Crippen LogP contribution is -2.17. The molecule has 1 aliphatic rings. The van der Waals surface area contributed by atoms with Crippen molar-refractivity contribution in [3.8, 4) is 5.75 Å². The minimum absolute atomic E-state index is 0.0798. The summed E-state index contributed by atoms with van der Waals surface area (Å²) in [4.78, 5) is 11.7. The molecule has 16 heavy (non-hydrogen) atoms. The summed E-state index contributed by atoms with van der Waals surface area (Å²) in [5, 5.41) is 0. The third-order valence-electron chi connectivity index (χ3n) is 3.02. The van der Waals surface area contributed by atoms with Crippen LogP contribution in [0.1, 0.15) is 31.2 Å². The third-order valence-corrected chi connectivity index (χ3v) is 3.02. The van der Waals surface area contributed by atoms with E-state index in [0.717, 1.165) is 31.2 Å². The lowest BCUT2D eigenvalue weighted by atomic mass is 10.1. The maximum atomic E-state index is 11.7. The molecule has 0 saturated heterocycles. The fourth-order valence-electron chi connectivity index (χ4n) is 2.03. The van der Waals surface area contributed by atoms with Crippen molar-refractivity contribution in [3.63, 3.8) is 0 Å². The first-order valence-electron chi connectivity index (χ1n) is 5.74. The van der Waals surface area contributed by atoms with Gasteiger partial charge in [-0.1, -0.05) is 37.6 Å². The van der Waals surface area contributed by atoms with Gasteiger partial charge in [-0.3, -0.25) is 4.79 Å². The zero-order chi connectivity index (χ0) is 11.4. The predicted molar refractivity (Wildman–Crippen MR) is 64.1 cm³/mol. The first-order valence-corrected chi connectivity index (χ1v) is 5.74. The normalized spacial score (nSPS) is 16.0. The van der Waals surface area contributed by atoms with Crippen molar-refractivity contribution in [2.45, 2.75) is 25.7 Å². The summed E-state index contributed by atoms with van der Waals surface area (Å²) in [5.41, 5.74) is 1.03. The van der Waals surface area contributed by atoms with E-state index in [0.29, 0.717) is 5.75 Å². The molecule has 0 amide bonds. The van der Waals surface area contributed by atoms with Gasteiger partial charge in [-0.05, 0) is 30.5 Å². The predicted octanol–water partition coefficient (Wildman–Crippen LogP) is 3.43. The summed E-state index contributed by atoms with van der Waals surface area (Å²) in [6, 6.07) is 7.41. The molecular formula is C14H16O2. The number of rotatable bonds is 3. The average Bonchev–Trinajstić information content (AvgIpc) is 2.83. The Morgan fingerprint density at radius 2 is 1.88 bits per heavy atom. The molecule has 2 rings (SSSR count). The molecule has 0 N–H and O–H groups in total. The standard InChI is InChI=1S/C14H16O2/c1-2-11-7-9-13(10-8-11)16-14(15)12-5-3-4-6-12/h2,7-10,12H,1,3-6H2. The Morgan fingerprint density at radius 3 is 2.44 bits per heavy atom. The van der Waals surface area contributed by atoms with Gasteiger partial charge in [0.05, 0.1) is 5.92 Å². The van der Waals surface area contributed by atoms with Crippen LogP contribution in [0.15, 0.2) is 30.8 Å². The van der Waals surface area contributed by atoms with Crippen LogP contribution >= 0.6 is 0 Å². The largest absolute Gasteiger partial charge is 0.426 e. The number of benzene rings is 1. The van der Waals surface area contributed by atoms with Gasteiger partial charge < -0.3 is 4.74 Å². The highest BCUT2D eigenvalue weighted by molar-refractivity contribution is 5.75. The lowest BCUT2D eigenvalue weighted by Gasteiger charge is -2.09. The molecule has 0 bridgehead atoms. The highest BCUT2D eigenvalue weighted by atomic mass is 16.5. The van der Waals surface area contributed by atoms with Crippen LogP contribution in [0, 0.1) is 5.92 Å². The highest BCUT2D eigenvalue weighted by Crippen LogP contribution is 2.26. The molecule has 0 aliphatic heterocycles. The Morgan fingerprint density at radius 1 is 1.25 bits per heavy atom. The van der Waals surface area contributed by atoms with Crippen LogP contribution in [0.25, 0.3) is 6.08 Å². The number of esters is 1. The molecule has 1 aromatic rings. The van der Waals surface area contributed by atoms with Crippen LogP contribution in [0.2, 0.25) is 0 Å². The monoisotopic (exact) mass is 216 g/mol. The second-order valence-corrected chi connectivity index (χ2v) is 4.18. The highest BCUT2D eigenvalue weighted by Gasteiger charge is 2.24. The van der Waals surface area contributed by atoms with Gasteiger partial charge in [-0.2, -0.15) is 0 Å². The van der Waals surface area contributed by atoms with Gasteiger partial charge in [0.2, 0.25) is 0 Å². The smallest absolute Gasteiger partial charge is 0.314 e. The maximum Gasteiger partial charge on any atom is 0.314 e. The molecule has 1 aromatic carbocycles. The van der Waals surface area contributed by atoms with Crippen LogP contribution in [0.5, 0.6) is 5.75 Å². The van der Waals surface area contributed by atoms with Gasteiger partial charge in [-0.15, -0.1) is 0 Å². The molecule has 0 unspecified atom stereocenters. The van der Waals surface area contributed by atoms with E-state index in [1.165, 1.54) is 0 Å². The zero-order valence-electron chi connectivity index (χ0n) is 9.32. The van der Waals surface area contributed by atoms with Crippen molar-refractivity contribution in [1.29, 1.82) is 0 Å². The van der Waals surface area contributed by atoms with Crippen LogP contribution in [0.4, 0.5) is 0 Å². The molecule has 2 heteroatoms. The Kier molecular flexibility index (Phi) is 3.40. The van der Waals surface area contributed by atoms with Crippen molar-refractivity contribution in [1.82, 2.24) is 0 Å². The van der Waals surface area contributed by atoms with Crippen molar-refractivity contribution >= 4 is 12.0 Å². The van der Waals surface area contributed by atoms with Gasteiger partial charge in [0.15, 0.2) is 0 Å². The summed E-state index contributed by atoms with van der Waals surface area (Å²) in [6.07, 6.45) is 6.01. The van der Waals surface area contributed by atoms with Crippen molar-refractivity contribution in [3.05, 3.63) is 36.4 Å². The molecule has 0 heterocycles. The molecule has 2 nitrogen and oxygen atoms in total. The summed E-state index contributed by atoms with van der Waals surface area (Å²) >= 11 is 0. The lowest BCUT2D eigenvalue weighted by molar-refractivity contribution is -0.138. The summed E-state index contributed by atoms with van der Waals surface area (Å²) < 4.78 is 5.32. The Balaban J connectivity index is 1.97. The van der Waals surface area contributed by atoms with E-state index >= 15 is 0 Å². The van der Waals surface area contributed by atoms with E-state index < -0.39 is 0 Å². The number of carbonyl (C=O) groups is 1. The second kappa shape index (κ2) is 4.97. The summed E-state index contributed by atoms with van der Waals surface area (Å²) in [7, 11) is 0. The Labute approximate surface area is 95.9 Å². The van der Waals surface area contributed by atoms with E-state index in [1.54, 1.807) is 6.08 Å². The zero-order valence-corrected chi connectivity index (χ0v) is 9.32.